The van der Waals surface area contributed by atoms with E-state index in [0.29, 0.717) is 10.7 Å². The molecule has 3 rings (SSSR count). The summed E-state index contributed by atoms with van der Waals surface area (Å²) in [6.45, 7) is 1.16. The number of methoxy groups -OCH3 is 1. The van der Waals surface area contributed by atoms with Crippen molar-refractivity contribution in [3.05, 3.63) is 88.4 Å². The van der Waals surface area contributed by atoms with Crippen LogP contribution in [-0.2, 0) is 14.8 Å². The zero-order valence-electron chi connectivity index (χ0n) is 17.8. The van der Waals surface area contributed by atoms with Crippen LogP contribution in [0.2, 0.25) is 10.0 Å². The van der Waals surface area contributed by atoms with Gasteiger partial charge in [0.2, 0.25) is 0 Å². The topological polar surface area (TPSA) is 88.1 Å². The standard InChI is InChI=1S/C23H21Cl2N3O4S/c1-16(17-8-10-18(24)11-9-17)26-27-23(29)15-28(21-14-19(25)12-13-22(21)32-2)33(30,31)20-6-4-3-5-7-20/h3-14H,15H2,1-2H3,(H,27,29)/b26-16-. The third-order valence-corrected chi connectivity index (χ3v) is 6.90. The Labute approximate surface area is 202 Å². The monoisotopic (exact) mass is 505 g/mol. The van der Waals surface area contributed by atoms with Gasteiger partial charge in [-0.1, -0.05) is 53.5 Å². The Morgan fingerprint density at radius 2 is 1.64 bits per heavy atom. The van der Waals surface area contributed by atoms with E-state index in [1.54, 1.807) is 55.5 Å². The highest BCUT2D eigenvalue weighted by Gasteiger charge is 2.29. The highest BCUT2D eigenvalue weighted by atomic mass is 35.5. The van der Waals surface area contributed by atoms with E-state index in [9.17, 15) is 13.2 Å². The number of anilines is 1. The van der Waals surface area contributed by atoms with Gasteiger partial charge in [-0.2, -0.15) is 5.10 Å². The van der Waals surface area contributed by atoms with Gasteiger partial charge in [0.1, 0.15) is 12.3 Å². The number of hydrogen-bond donors (Lipinski definition) is 1. The fraction of sp³-hybridized carbons (Fsp3) is 0.130. The van der Waals surface area contributed by atoms with E-state index < -0.39 is 22.5 Å². The van der Waals surface area contributed by atoms with Gasteiger partial charge in [0.05, 0.1) is 23.4 Å². The van der Waals surface area contributed by atoms with Gasteiger partial charge in [0.25, 0.3) is 15.9 Å². The fourth-order valence-corrected chi connectivity index (χ4v) is 4.68. The number of ether oxygens (including phenoxy) is 1. The second kappa shape index (κ2) is 10.7. The molecule has 0 aliphatic rings. The zero-order valence-corrected chi connectivity index (χ0v) is 20.2. The number of carbonyl (C=O) groups is 1. The van der Waals surface area contributed by atoms with Crippen molar-refractivity contribution in [2.45, 2.75) is 11.8 Å². The molecule has 33 heavy (non-hydrogen) atoms. The minimum absolute atomic E-state index is 0.0145. The Bertz CT molecular complexity index is 1260. The van der Waals surface area contributed by atoms with Crippen molar-refractivity contribution in [1.82, 2.24) is 5.43 Å². The third-order valence-electron chi connectivity index (χ3n) is 4.64. The lowest BCUT2D eigenvalue weighted by Crippen LogP contribution is -2.40. The molecule has 0 fully saturated rings. The van der Waals surface area contributed by atoms with E-state index in [1.165, 1.54) is 31.4 Å². The molecule has 0 unspecified atom stereocenters. The number of nitrogens with zero attached hydrogens (tertiary/aromatic N) is 2. The maximum atomic E-state index is 13.4. The molecular formula is C23H21Cl2N3O4S. The second-order valence-electron chi connectivity index (χ2n) is 6.88. The summed E-state index contributed by atoms with van der Waals surface area (Å²) in [4.78, 5) is 12.8. The number of sulfonamides is 1. The average Bonchev–Trinajstić information content (AvgIpc) is 2.82. The highest BCUT2D eigenvalue weighted by molar-refractivity contribution is 7.92. The molecule has 172 valence electrons. The van der Waals surface area contributed by atoms with Gasteiger partial charge in [-0.25, -0.2) is 13.8 Å². The lowest BCUT2D eigenvalue weighted by atomic mass is 10.1. The van der Waals surface area contributed by atoms with Gasteiger partial charge in [0, 0.05) is 10.0 Å². The van der Waals surface area contributed by atoms with E-state index in [2.05, 4.69) is 10.5 Å². The predicted octanol–water partition coefficient (Wildman–Crippen LogP) is 4.74. The zero-order chi connectivity index (χ0) is 24.0. The van der Waals surface area contributed by atoms with E-state index >= 15 is 0 Å². The van der Waals surface area contributed by atoms with Crippen LogP contribution in [-0.4, -0.2) is 33.7 Å². The number of rotatable bonds is 8. The number of nitrogens with one attached hydrogen (secondary N) is 1. The molecule has 0 saturated carbocycles. The first-order valence-electron chi connectivity index (χ1n) is 9.73. The molecule has 0 heterocycles. The maximum absolute atomic E-state index is 13.4. The number of hydrogen-bond acceptors (Lipinski definition) is 5. The summed E-state index contributed by atoms with van der Waals surface area (Å²) in [6.07, 6.45) is 0. The van der Waals surface area contributed by atoms with Crippen molar-refractivity contribution in [3.63, 3.8) is 0 Å². The summed E-state index contributed by atoms with van der Waals surface area (Å²) in [5, 5.41) is 4.95. The van der Waals surface area contributed by atoms with Gasteiger partial charge in [-0.3, -0.25) is 9.10 Å². The van der Waals surface area contributed by atoms with Crippen molar-refractivity contribution in [2.75, 3.05) is 18.0 Å². The van der Waals surface area contributed by atoms with Crippen LogP contribution in [0, 0.1) is 0 Å². The van der Waals surface area contributed by atoms with Crippen molar-refractivity contribution in [1.29, 1.82) is 0 Å². The molecule has 3 aromatic carbocycles. The summed E-state index contributed by atoms with van der Waals surface area (Å²) in [7, 11) is -2.72. The minimum Gasteiger partial charge on any atom is -0.495 e. The highest BCUT2D eigenvalue weighted by Crippen LogP contribution is 2.34. The van der Waals surface area contributed by atoms with Crippen LogP contribution in [0.15, 0.2) is 82.8 Å². The van der Waals surface area contributed by atoms with Gasteiger partial charge in [0.15, 0.2) is 0 Å². The molecule has 1 amide bonds. The Kier molecular flexibility index (Phi) is 7.97. The quantitative estimate of drug-likeness (QED) is 0.353. The van der Waals surface area contributed by atoms with Crippen LogP contribution < -0.4 is 14.5 Å². The van der Waals surface area contributed by atoms with Crippen LogP contribution >= 0.6 is 23.2 Å². The second-order valence-corrected chi connectivity index (χ2v) is 9.62. The molecule has 0 spiro atoms. The average molecular weight is 506 g/mol. The van der Waals surface area contributed by atoms with Gasteiger partial charge < -0.3 is 4.74 Å². The van der Waals surface area contributed by atoms with E-state index in [4.69, 9.17) is 27.9 Å². The van der Waals surface area contributed by atoms with Crippen LogP contribution in [0.4, 0.5) is 5.69 Å². The first-order chi connectivity index (χ1) is 15.7. The third kappa shape index (κ3) is 6.04. The van der Waals surface area contributed by atoms with E-state index in [0.717, 1.165) is 9.87 Å². The van der Waals surface area contributed by atoms with Gasteiger partial charge in [-0.05, 0) is 55.0 Å². The number of carbonyl (C=O) groups excluding carboxylic acids is 1. The lowest BCUT2D eigenvalue weighted by Gasteiger charge is -2.25. The largest absolute Gasteiger partial charge is 0.495 e. The van der Waals surface area contributed by atoms with Crippen molar-refractivity contribution >= 4 is 50.5 Å². The summed E-state index contributed by atoms with van der Waals surface area (Å²) in [5.41, 5.74) is 3.82. The van der Waals surface area contributed by atoms with E-state index in [1.807, 2.05) is 0 Å². The number of halogens is 2. The minimum atomic E-state index is -4.12. The number of hydrazone groups is 1. The van der Waals surface area contributed by atoms with E-state index in [-0.39, 0.29) is 21.4 Å². The SMILES string of the molecule is COc1ccc(Cl)cc1N(CC(=O)N/N=C(/C)c1ccc(Cl)cc1)S(=O)(=O)c1ccccc1. The van der Waals surface area contributed by atoms with Crippen LogP contribution in [0.3, 0.4) is 0 Å². The fourth-order valence-electron chi connectivity index (χ4n) is 2.94. The summed E-state index contributed by atoms with van der Waals surface area (Å²) >= 11 is 12.0. The molecule has 0 aliphatic carbocycles. The normalized spacial score (nSPS) is 11.7. The number of amides is 1. The Morgan fingerprint density at radius 1 is 1.00 bits per heavy atom. The Hall–Kier alpha value is -3.07. The van der Waals surface area contributed by atoms with Crippen molar-refractivity contribution in [2.24, 2.45) is 5.10 Å². The Morgan fingerprint density at radius 3 is 2.27 bits per heavy atom. The first kappa shape index (κ1) is 24.6. The van der Waals surface area contributed by atoms with Crippen LogP contribution in [0.25, 0.3) is 0 Å². The molecule has 7 nitrogen and oxygen atoms in total. The van der Waals surface area contributed by atoms with Gasteiger partial charge >= 0.3 is 0 Å². The van der Waals surface area contributed by atoms with Crippen LogP contribution in [0.1, 0.15) is 12.5 Å². The molecule has 0 atom stereocenters. The summed E-state index contributed by atoms with van der Waals surface area (Å²) < 4.78 is 33.1. The van der Waals surface area contributed by atoms with Crippen LogP contribution in [0.5, 0.6) is 5.75 Å². The molecule has 3 aromatic rings. The molecular weight excluding hydrogens is 485 g/mol. The lowest BCUT2D eigenvalue weighted by molar-refractivity contribution is -0.119. The summed E-state index contributed by atoms with van der Waals surface area (Å²) in [6, 6.07) is 19.2. The summed E-state index contributed by atoms with van der Waals surface area (Å²) in [5.74, 6) is -0.405. The van der Waals surface area contributed by atoms with Crippen molar-refractivity contribution in [3.8, 4) is 5.75 Å². The first-order valence-corrected chi connectivity index (χ1v) is 11.9. The number of benzene rings is 3. The molecule has 10 heteroatoms. The molecule has 0 aliphatic heterocycles. The van der Waals surface area contributed by atoms with Gasteiger partial charge in [-0.15, -0.1) is 0 Å². The predicted molar refractivity (Wildman–Crippen MR) is 131 cm³/mol. The molecule has 0 saturated heterocycles. The molecule has 0 radical (unpaired) electrons. The smallest absolute Gasteiger partial charge is 0.264 e. The molecule has 1 N–H and O–H groups in total. The Balaban J connectivity index is 1.93. The molecule has 0 bridgehead atoms. The molecule has 0 aromatic heterocycles. The van der Waals surface area contributed by atoms with Crippen molar-refractivity contribution < 1.29 is 17.9 Å². The maximum Gasteiger partial charge on any atom is 0.264 e.